The van der Waals surface area contributed by atoms with Crippen molar-refractivity contribution in [3.63, 3.8) is 0 Å². The zero-order valence-electron chi connectivity index (χ0n) is 13.7. The summed E-state index contributed by atoms with van der Waals surface area (Å²) >= 11 is 0. The number of hydrogen-bond donors (Lipinski definition) is 2. The predicted octanol–water partition coefficient (Wildman–Crippen LogP) is 4.28. The van der Waals surface area contributed by atoms with Gasteiger partial charge in [0, 0.05) is 11.3 Å². The highest BCUT2D eigenvalue weighted by Crippen LogP contribution is 2.21. The molecular weight excluding hydrogens is 302 g/mol. The fraction of sp³-hybridized carbons (Fsp3) is 0.158. The predicted molar refractivity (Wildman–Crippen MR) is 93.7 cm³/mol. The molecule has 5 nitrogen and oxygen atoms in total. The molecule has 0 aliphatic heterocycles. The number of anilines is 1. The number of amides is 2. The molecule has 0 atom stereocenters. The van der Waals surface area contributed by atoms with Crippen molar-refractivity contribution in [1.29, 1.82) is 0 Å². The summed E-state index contributed by atoms with van der Waals surface area (Å²) in [6.07, 6.45) is 0. The van der Waals surface area contributed by atoms with E-state index in [1.165, 1.54) is 0 Å². The van der Waals surface area contributed by atoms with E-state index in [0.29, 0.717) is 23.9 Å². The number of benzene rings is 2. The Bertz CT molecular complexity index is 824. The minimum atomic E-state index is -0.275. The van der Waals surface area contributed by atoms with Gasteiger partial charge in [-0.05, 0) is 38.1 Å². The van der Waals surface area contributed by atoms with Gasteiger partial charge in [-0.3, -0.25) is 0 Å². The summed E-state index contributed by atoms with van der Waals surface area (Å²) in [5, 5.41) is 5.58. The molecule has 1 aromatic heterocycles. The van der Waals surface area contributed by atoms with Crippen molar-refractivity contribution < 1.29 is 9.21 Å². The Balaban J connectivity index is 1.61. The molecular formula is C19H19N3O2. The Morgan fingerprint density at radius 3 is 2.46 bits per heavy atom. The van der Waals surface area contributed by atoms with Crippen LogP contribution in [0.4, 0.5) is 10.5 Å². The first-order valence-corrected chi connectivity index (χ1v) is 7.75. The first kappa shape index (κ1) is 15.8. The molecule has 0 radical (unpaired) electrons. The van der Waals surface area contributed by atoms with Crippen LogP contribution < -0.4 is 10.6 Å². The van der Waals surface area contributed by atoms with E-state index in [4.69, 9.17) is 4.42 Å². The zero-order valence-corrected chi connectivity index (χ0v) is 13.7. The lowest BCUT2D eigenvalue weighted by Crippen LogP contribution is -2.28. The maximum atomic E-state index is 12.0. The molecule has 3 rings (SSSR count). The topological polar surface area (TPSA) is 67.2 Å². The van der Waals surface area contributed by atoms with Crippen LogP contribution in [0, 0.1) is 13.8 Å². The van der Waals surface area contributed by atoms with Gasteiger partial charge in [-0.15, -0.1) is 0 Å². The second-order valence-corrected chi connectivity index (χ2v) is 5.56. The average Bonchev–Trinajstić information content (AvgIpc) is 2.97. The summed E-state index contributed by atoms with van der Waals surface area (Å²) in [7, 11) is 0. The smallest absolute Gasteiger partial charge is 0.319 e. The van der Waals surface area contributed by atoms with Crippen molar-refractivity contribution in [1.82, 2.24) is 10.3 Å². The Morgan fingerprint density at radius 1 is 1.04 bits per heavy atom. The van der Waals surface area contributed by atoms with Gasteiger partial charge in [0.05, 0.1) is 6.54 Å². The van der Waals surface area contributed by atoms with Crippen molar-refractivity contribution in [2.24, 2.45) is 0 Å². The maximum absolute atomic E-state index is 12.0. The average molecular weight is 321 g/mol. The van der Waals surface area contributed by atoms with Crippen LogP contribution in [0.25, 0.3) is 11.5 Å². The minimum Gasteiger partial charge on any atom is -0.441 e. The largest absolute Gasteiger partial charge is 0.441 e. The Morgan fingerprint density at radius 2 is 1.75 bits per heavy atom. The molecule has 0 saturated carbocycles. The van der Waals surface area contributed by atoms with Gasteiger partial charge in [0.2, 0.25) is 5.89 Å². The monoisotopic (exact) mass is 321 g/mol. The third-order valence-electron chi connectivity index (χ3n) is 3.64. The van der Waals surface area contributed by atoms with Crippen LogP contribution in [0.3, 0.4) is 0 Å². The molecule has 2 amide bonds. The fourth-order valence-corrected chi connectivity index (χ4v) is 2.27. The first-order chi connectivity index (χ1) is 11.6. The van der Waals surface area contributed by atoms with E-state index in [0.717, 1.165) is 16.8 Å². The van der Waals surface area contributed by atoms with Gasteiger partial charge in [0.15, 0.2) is 0 Å². The van der Waals surface area contributed by atoms with Crippen LogP contribution in [0.15, 0.2) is 59.0 Å². The molecule has 122 valence electrons. The Labute approximate surface area is 140 Å². The van der Waals surface area contributed by atoms with Crippen LogP contribution >= 0.6 is 0 Å². The van der Waals surface area contributed by atoms with Crippen LogP contribution in [0.5, 0.6) is 0 Å². The van der Waals surface area contributed by atoms with Crippen molar-refractivity contribution >= 4 is 11.7 Å². The summed E-state index contributed by atoms with van der Waals surface area (Å²) in [4.78, 5) is 16.4. The van der Waals surface area contributed by atoms with Gasteiger partial charge in [-0.2, -0.15) is 0 Å². The summed E-state index contributed by atoms with van der Waals surface area (Å²) in [6, 6.07) is 17.0. The van der Waals surface area contributed by atoms with Gasteiger partial charge in [0.1, 0.15) is 11.5 Å². The van der Waals surface area contributed by atoms with Crippen LogP contribution in [0.2, 0.25) is 0 Å². The minimum absolute atomic E-state index is 0.275. The number of nitrogens with zero attached hydrogens (tertiary/aromatic N) is 1. The standard InChI is InChI=1S/C19H19N3O2/c1-13-8-10-16(11-9-13)21-19(23)20-12-17-14(2)24-18(22-17)15-6-4-3-5-7-15/h3-11H,12H2,1-2H3,(H2,20,21,23). The summed E-state index contributed by atoms with van der Waals surface area (Å²) < 4.78 is 5.68. The second-order valence-electron chi connectivity index (χ2n) is 5.56. The summed E-state index contributed by atoms with van der Waals surface area (Å²) in [5.74, 6) is 1.26. The van der Waals surface area contributed by atoms with E-state index in [2.05, 4.69) is 15.6 Å². The molecule has 0 aliphatic rings. The van der Waals surface area contributed by atoms with E-state index in [1.54, 1.807) is 0 Å². The SMILES string of the molecule is Cc1ccc(NC(=O)NCc2nc(-c3ccccc3)oc2C)cc1. The molecule has 0 saturated heterocycles. The molecule has 2 aromatic carbocycles. The quantitative estimate of drug-likeness (QED) is 0.753. The van der Waals surface area contributed by atoms with Gasteiger partial charge in [-0.1, -0.05) is 35.9 Å². The van der Waals surface area contributed by atoms with Crippen molar-refractivity contribution in [2.45, 2.75) is 20.4 Å². The lowest BCUT2D eigenvalue weighted by molar-refractivity contribution is 0.251. The van der Waals surface area contributed by atoms with Gasteiger partial charge in [0.25, 0.3) is 0 Å². The molecule has 0 fully saturated rings. The molecule has 0 spiro atoms. The first-order valence-electron chi connectivity index (χ1n) is 7.75. The Kier molecular flexibility index (Phi) is 4.61. The van der Waals surface area contributed by atoms with E-state index in [9.17, 15) is 4.79 Å². The lowest BCUT2D eigenvalue weighted by Gasteiger charge is -2.06. The Hall–Kier alpha value is -3.08. The molecule has 0 bridgehead atoms. The van der Waals surface area contributed by atoms with Gasteiger partial charge >= 0.3 is 6.03 Å². The van der Waals surface area contributed by atoms with Gasteiger partial charge in [-0.25, -0.2) is 9.78 Å². The number of oxazole rings is 1. The molecule has 0 aliphatic carbocycles. The number of urea groups is 1. The normalized spacial score (nSPS) is 10.4. The van der Waals surface area contributed by atoms with Gasteiger partial charge < -0.3 is 15.1 Å². The lowest BCUT2D eigenvalue weighted by atomic mass is 10.2. The highest BCUT2D eigenvalue weighted by atomic mass is 16.4. The van der Waals surface area contributed by atoms with E-state index in [1.807, 2.05) is 68.4 Å². The molecule has 1 heterocycles. The number of rotatable bonds is 4. The molecule has 5 heteroatoms. The maximum Gasteiger partial charge on any atom is 0.319 e. The number of aromatic nitrogens is 1. The van der Waals surface area contributed by atoms with E-state index < -0.39 is 0 Å². The van der Waals surface area contributed by atoms with Crippen molar-refractivity contribution in [3.8, 4) is 11.5 Å². The number of aryl methyl sites for hydroxylation is 2. The number of hydrogen-bond acceptors (Lipinski definition) is 3. The van der Waals surface area contributed by atoms with Crippen molar-refractivity contribution in [3.05, 3.63) is 71.6 Å². The third-order valence-corrected chi connectivity index (χ3v) is 3.64. The summed E-state index contributed by atoms with van der Waals surface area (Å²) in [6.45, 7) is 4.15. The third kappa shape index (κ3) is 3.81. The molecule has 3 aromatic rings. The van der Waals surface area contributed by atoms with E-state index >= 15 is 0 Å². The molecule has 2 N–H and O–H groups in total. The van der Waals surface area contributed by atoms with Crippen LogP contribution in [0.1, 0.15) is 17.0 Å². The van der Waals surface area contributed by atoms with Crippen molar-refractivity contribution in [2.75, 3.05) is 5.32 Å². The highest BCUT2D eigenvalue weighted by molar-refractivity contribution is 5.89. The number of carbonyl (C=O) groups excluding carboxylic acids is 1. The van der Waals surface area contributed by atoms with Crippen LogP contribution in [-0.4, -0.2) is 11.0 Å². The van der Waals surface area contributed by atoms with E-state index in [-0.39, 0.29) is 6.03 Å². The zero-order chi connectivity index (χ0) is 16.9. The molecule has 0 unspecified atom stereocenters. The fourth-order valence-electron chi connectivity index (χ4n) is 2.27. The highest BCUT2D eigenvalue weighted by Gasteiger charge is 2.12. The number of nitrogens with one attached hydrogen (secondary N) is 2. The second kappa shape index (κ2) is 7.00. The molecule has 24 heavy (non-hydrogen) atoms. The number of carbonyl (C=O) groups is 1. The van der Waals surface area contributed by atoms with Crippen LogP contribution in [-0.2, 0) is 6.54 Å². The summed E-state index contributed by atoms with van der Waals surface area (Å²) in [5.41, 5.74) is 3.52.